The molecule has 1 rings (SSSR count). The number of benzene rings is 1. The molecule has 0 aliphatic rings. The second-order valence-electron chi connectivity index (χ2n) is 3.73. The van der Waals surface area contributed by atoms with Crippen LogP contribution in [0, 0.1) is 0 Å². The Balaban J connectivity index is 3.21. The van der Waals surface area contributed by atoms with Crippen molar-refractivity contribution >= 4 is 21.9 Å². The van der Waals surface area contributed by atoms with E-state index in [1.165, 1.54) is 18.2 Å². The van der Waals surface area contributed by atoms with Crippen LogP contribution in [0.3, 0.4) is 0 Å². The molecular weight excluding hydrogens is 272 g/mol. The first kappa shape index (κ1) is 15.1. The van der Waals surface area contributed by atoms with E-state index in [1.807, 2.05) is 0 Å². The maximum absolute atomic E-state index is 12.2. The third-order valence-corrected chi connectivity index (χ3v) is 4.32. The Labute approximate surface area is 110 Å². The zero-order valence-electron chi connectivity index (χ0n) is 10.2. The first-order valence-electron chi connectivity index (χ1n) is 5.41. The maximum Gasteiger partial charge on any atom is 0.335 e. The topological polar surface area (TPSA) is 118 Å². The van der Waals surface area contributed by atoms with Gasteiger partial charge in [-0.15, -0.1) is 0 Å². The summed E-state index contributed by atoms with van der Waals surface area (Å²) in [5.41, 5.74) is 4.84. The van der Waals surface area contributed by atoms with E-state index in [9.17, 15) is 18.0 Å². The number of carbonyl (C=O) groups excluding carboxylic acids is 1. The van der Waals surface area contributed by atoms with Crippen molar-refractivity contribution in [3.8, 4) is 0 Å². The lowest BCUT2D eigenvalue weighted by molar-refractivity contribution is -0.118. The van der Waals surface area contributed by atoms with Crippen LogP contribution in [0.5, 0.6) is 0 Å². The van der Waals surface area contributed by atoms with Crippen LogP contribution >= 0.6 is 0 Å². The molecule has 0 unspecified atom stereocenters. The van der Waals surface area contributed by atoms with Gasteiger partial charge in [-0.05, 0) is 18.2 Å². The van der Waals surface area contributed by atoms with Crippen LogP contribution < -0.4 is 5.73 Å². The molecule has 0 aromatic heterocycles. The summed E-state index contributed by atoms with van der Waals surface area (Å²) >= 11 is 0. The standard InChI is InChI=1S/C11H14N2O5S/c1-2-13(7-10(12)14)19(17,18)9-5-3-4-8(6-9)11(15)16/h3-6H,2,7H2,1H3,(H2,12,14)(H,15,16). The molecule has 3 N–H and O–H groups in total. The summed E-state index contributed by atoms with van der Waals surface area (Å²) in [6.45, 7) is 1.17. The average Bonchev–Trinajstić information content (AvgIpc) is 2.35. The van der Waals surface area contributed by atoms with Crippen LogP contribution in [0.25, 0.3) is 0 Å². The molecule has 0 heterocycles. The molecule has 0 aliphatic carbocycles. The lowest BCUT2D eigenvalue weighted by Crippen LogP contribution is -2.38. The molecule has 0 aliphatic heterocycles. The summed E-state index contributed by atoms with van der Waals surface area (Å²) in [6, 6.07) is 4.92. The number of rotatable bonds is 6. The van der Waals surface area contributed by atoms with Crippen molar-refractivity contribution in [2.24, 2.45) is 5.73 Å². The number of carbonyl (C=O) groups is 2. The van der Waals surface area contributed by atoms with E-state index < -0.39 is 28.4 Å². The summed E-state index contributed by atoms with van der Waals surface area (Å²) < 4.78 is 25.3. The van der Waals surface area contributed by atoms with Gasteiger partial charge in [0.25, 0.3) is 0 Å². The van der Waals surface area contributed by atoms with Crippen molar-refractivity contribution in [2.45, 2.75) is 11.8 Å². The summed E-state index contributed by atoms with van der Waals surface area (Å²) in [5, 5.41) is 8.83. The van der Waals surface area contributed by atoms with E-state index in [4.69, 9.17) is 10.8 Å². The van der Waals surface area contributed by atoms with Gasteiger partial charge >= 0.3 is 5.97 Å². The van der Waals surface area contributed by atoms with E-state index in [0.29, 0.717) is 0 Å². The Hall–Kier alpha value is -1.93. The molecule has 7 nitrogen and oxygen atoms in total. The van der Waals surface area contributed by atoms with Gasteiger partial charge in [-0.2, -0.15) is 4.31 Å². The Kier molecular flexibility index (Phi) is 4.62. The molecule has 0 saturated carbocycles. The van der Waals surface area contributed by atoms with Gasteiger partial charge in [-0.25, -0.2) is 13.2 Å². The molecule has 0 spiro atoms. The van der Waals surface area contributed by atoms with Crippen LogP contribution in [0.15, 0.2) is 29.2 Å². The number of likely N-dealkylation sites (N-methyl/N-ethyl adjacent to an activating group) is 1. The summed E-state index contributed by atoms with van der Waals surface area (Å²) in [6.07, 6.45) is 0. The number of carboxylic acids is 1. The molecule has 0 radical (unpaired) electrons. The Morgan fingerprint density at radius 1 is 1.37 bits per heavy atom. The normalized spacial score (nSPS) is 11.5. The summed E-state index contributed by atoms with van der Waals surface area (Å²) in [4.78, 5) is 21.5. The molecule has 19 heavy (non-hydrogen) atoms. The number of amides is 1. The molecule has 8 heteroatoms. The van der Waals surface area contributed by atoms with Gasteiger partial charge in [0.05, 0.1) is 17.0 Å². The Morgan fingerprint density at radius 3 is 2.47 bits per heavy atom. The lowest BCUT2D eigenvalue weighted by atomic mass is 10.2. The molecule has 1 amide bonds. The minimum Gasteiger partial charge on any atom is -0.478 e. The van der Waals surface area contributed by atoms with E-state index in [-0.39, 0.29) is 17.0 Å². The van der Waals surface area contributed by atoms with Gasteiger partial charge < -0.3 is 10.8 Å². The van der Waals surface area contributed by atoms with Gasteiger partial charge in [-0.3, -0.25) is 4.79 Å². The number of hydrogen-bond acceptors (Lipinski definition) is 4. The summed E-state index contributed by atoms with van der Waals surface area (Å²) in [7, 11) is -3.93. The van der Waals surface area contributed by atoms with E-state index in [2.05, 4.69) is 0 Å². The Morgan fingerprint density at radius 2 is 2.00 bits per heavy atom. The number of nitrogens with two attached hydrogens (primary N) is 1. The number of aromatic carboxylic acids is 1. The van der Waals surface area contributed by atoms with Crippen LogP contribution in [0.2, 0.25) is 0 Å². The molecular formula is C11H14N2O5S. The first-order chi connectivity index (χ1) is 8.78. The number of nitrogens with zero attached hydrogens (tertiary/aromatic N) is 1. The van der Waals surface area contributed by atoms with E-state index in [0.717, 1.165) is 10.4 Å². The first-order valence-corrected chi connectivity index (χ1v) is 6.85. The highest BCUT2D eigenvalue weighted by atomic mass is 32.2. The van der Waals surface area contributed by atoms with Gasteiger partial charge in [0, 0.05) is 6.54 Å². The predicted octanol–water partition coefficient (Wildman–Crippen LogP) is -0.119. The van der Waals surface area contributed by atoms with Crippen LogP contribution in [0.4, 0.5) is 0 Å². The summed E-state index contributed by atoms with van der Waals surface area (Å²) in [5.74, 6) is -2.00. The average molecular weight is 286 g/mol. The minimum atomic E-state index is -3.93. The molecule has 104 valence electrons. The third kappa shape index (κ3) is 3.52. The van der Waals surface area contributed by atoms with Crippen molar-refractivity contribution in [2.75, 3.05) is 13.1 Å². The fraction of sp³-hybridized carbons (Fsp3) is 0.273. The second kappa shape index (κ2) is 5.81. The van der Waals surface area contributed by atoms with Crippen molar-refractivity contribution in [1.29, 1.82) is 0 Å². The second-order valence-corrected chi connectivity index (χ2v) is 5.67. The lowest BCUT2D eigenvalue weighted by Gasteiger charge is -2.18. The minimum absolute atomic E-state index is 0.0581. The van der Waals surface area contributed by atoms with Crippen molar-refractivity contribution < 1.29 is 23.1 Å². The zero-order valence-corrected chi connectivity index (χ0v) is 11.1. The largest absolute Gasteiger partial charge is 0.478 e. The quantitative estimate of drug-likeness (QED) is 0.756. The number of sulfonamides is 1. The molecule has 1 aromatic rings. The molecule has 0 bridgehead atoms. The van der Waals surface area contributed by atoms with Gasteiger partial charge in [0.2, 0.25) is 15.9 Å². The number of hydrogen-bond donors (Lipinski definition) is 2. The highest BCUT2D eigenvalue weighted by Gasteiger charge is 2.25. The number of carboxylic acid groups (broad SMARTS) is 1. The van der Waals surface area contributed by atoms with E-state index >= 15 is 0 Å². The van der Waals surface area contributed by atoms with Crippen molar-refractivity contribution in [3.05, 3.63) is 29.8 Å². The SMILES string of the molecule is CCN(CC(N)=O)S(=O)(=O)c1cccc(C(=O)O)c1. The van der Waals surface area contributed by atoms with Gasteiger partial charge in [0.15, 0.2) is 0 Å². The van der Waals surface area contributed by atoms with Crippen LogP contribution in [-0.4, -0.2) is 42.8 Å². The predicted molar refractivity (Wildman–Crippen MR) is 67.0 cm³/mol. The van der Waals surface area contributed by atoms with Gasteiger partial charge in [-0.1, -0.05) is 13.0 Å². The fourth-order valence-electron chi connectivity index (χ4n) is 1.48. The molecule has 1 aromatic carbocycles. The highest BCUT2D eigenvalue weighted by molar-refractivity contribution is 7.89. The van der Waals surface area contributed by atoms with Crippen LogP contribution in [-0.2, 0) is 14.8 Å². The van der Waals surface area contributed by atoms with Crippen molar-refractivity contribution in [3.63, 3.8) is 0 Å². The van der Waals surface area contributed by atoms with Gasteiger partial charge in [0.1, 0.15) is 0 Å². The number of primary amides is 1. The molecule has 0 fully saturated rings. The highest BCUT2D eigenvalue weighted by Crippen LogP contribution is 2.16. The third-order valence-electron chi connectivity index (χ3n) is 2.40. The monoisotopic (exact) mass is 286 g/mol. The Bertz CT molecular complexity index is 597. The maximum atomic E-state index is 12.2. The van der Waals surface area contributed by atoms with Crippen molar-refractivity contribution in [1.82, 2.24) is 4.31 Å². The smallest absolute Gasteiger partial charge is 0.335 e. The molecule has 0 atom stereocenters. The fourth-order valence-corrected chi connectivity index (χ4v) is 2.94. The zero-order chi connectivity index (χ0) is 14.6. The molecule has 0 saturated heterocycles. The van der Waals surface area contributed by atoms with E-state index in [1.54, 1.807) is 6.92 Å². The van der Waals surface area contributed by atoms with Crippen LogP contribution in [0.1, 0.15) is 17.3 Å².